The van der Waals surface area contributed by atoms with Crippen LogP contribution in [0.4, 0.5) is 0 Å². The molecule has 0 unspecified atom stereocenters. The highest BCUT2D eigenvalue weighted by atomic mass is 16.7. The van der Waals surface area contributed by atoms with Crippen molar-refractivity contribution in [3.63, 3.8) is 0 Å². The molecule has 15 atom stereocenters. The number of aromatic hydroxyl groups is 1. The molecule has 296 valence electrons. The third kappa shape index (κ3) is 6.22. The number of aliphatic hydroxyl groups excluding tert-OH is 4. The molecule has 7 rings (SSSR count). The highest BCUT2D eigenvalue weighted by Gasteiger charge is 2.66. The van der Waals surface area contributed by atoms with E-state index in [1.54, 1.807) is 20.8 Å². The first-order chi connectivity index (χ1) is 25.4. The van der Waals surface area contributed by atoms with Gasteiger partial charge in [-0.2, -0.15) is 0 Å². The molecule has 1 aromatic carbocycles. The summed E-state index contributed by atoms with van der Waals surface area (Å²) in [5, 5.41) is 65.2. The van der Waals surface area contributed by atoms with Crippen molar-refractivity contribution in [2.24, 2.45) is 5.92 Å². The quantitative estimate of drug-likeness (QED) is 0.238. The smallest absolute Gasteiger partial charge is 0.198 e. The average molecular weight is 758 g/mol. The second-order valence-corrected chi connectivity index (χ2v) is 16.2. The summed E-state index contributed by atoms with van der Waals surface area (Å²) in [5.74, 6) is -3.09. The minimum absolute atomic E-state index is 0.0585. The van der Waals surface area contributed by atoms with Crippen LogP contribution in [-0.4, -0.2) is 146 Å². The molecule has 0 amide bonds. The fourth-order valence-electron chi connectivity index (χ4n) is 9.27. The largest absolute Gasteiger partial charge is 0.507 e. The maximum absolute atomic E-state index is 14.5. The van der Waals surface area contributed by atoms with Crippen LogP contribution < -0.4 is 0 Å². The van der Waals surface area contributed by atoms with Gasteiger partial charge in [-0.3, -0.25) is 14.4 Å². The molecule has 15 heteroatoms. The molecule has 1 saturated carbocycles. The van der Waals surface area contributed by atoms with Crippen molar-refractivity contribution in [2.45, 2.75) is 145 Å². The van der Waals surface area contributed by atoms with E-state index in [4.69, 9.17) is 23.7 Å². The molecule has 0 bridgehead atoms. The molecule has 3 saturated heterocycles. The summed E-state index contributed by atoms with van der Waals surface area (Å²) in [6.45, 7) is 6.84. The van der Waals surface area contributed by atoms with Crippen LogP contribution in [0.2, 0.25) is 0 Å². The van der Waals surface area contributed by atoms with Gasteiger partial charge in [-0.1, -0.05) is 19.1 Å². The number of nitrogens with zero attached hydrogens (tertiary/aromatic N) is 1. The highest BCUT2D eigenvalue weighted by molar-refractivity contribution is 6.31. The zero-order valence-electron chi connectivity index (χ0n) is 31.2. The Bertz CT molecular complexity index is 1740. The van der Waals surface area contributed by atoms with Crippen molar-refractivity contribution in [3.8, 4) is 5.75 Å². The Balaban J connectivity index is 1.19. The van der Waals surface area contributed by atoms with Gasteiger partial charge in [0.25, 0.3) is 0 Å². The van der Waals surface area contributed by atoms with Crippen molar-refractivity contribution >= 4 is 17.3 Å². The van der Waals surface area contributed by atoms with Crippen LogP contribution in [0.15, 0.2) is 35.4 Å². The molecule has 54 heavy (non-hydrogen) atoms. The number of Topliss-reactive ketones (excluding diaryl/α,β-unsaturated/α-hetero) is 3. The molecule has 15 nitrogen and oxygen atoms in total. The van der Waals surface area contributed by atoms with Gasteiger partial charge in [-0.15, -0.1) is 0 Å². The monoisotopic (exact) mass is 757 g/mol. The molecule has 3 aliphatic heterocycles. The molecular formula is C39H51NO14. The van der Waals surface area contributed by atoms with E-state index in [2.05, 4.69) is 0 Å². The van der Waals surface area contributed by atoms with E-state index < -0.39 is 107 Å². The summed E-state index contributed by atoms with van der Waals surface area (Å²) >= 11 is 0. The van der Waals surface area contributed by atoms with Gasteiger partial charge in [0.15, 0.2) is 35.5 Å². The Labute approximate surface area is 313 Å². The molecule has 0 spiro atoms. The summed E-state index contributed by atoms with van der Waals surface area (Å²) in [4.78, 5) is 44.8. The molecule has 3 aliphatic carbocycles. The molecule has 1 aromatic rings. The van der Waals surface area contributed by atoms with Crippen molar-refractivity contribution in [1.29, 1.82) is 0 Å². The predicted octanol–water partition coefficient (Wildman–Crippen LogP) is 1.00. The number of likely N-dealkylation sites (N-methyl/N-ethyl adjacent to an activating group) is 1. The van der Waals surface area contributed by atoms with E-state index in [1.807, 2.05) is 25.9 Å². The summed E-state index contributed by atoms with van der Waals surface area (Å²) in [5.41, 5.74) is -5.43. The number of aliphatic hydroxyl groups is 5. The van der Waals surface area contributed by atoms with Crippen molar-refractivity contribution in [1.82, 2.24) is 4.90 Å². The zero-order valence-corrected chi connectivity index (χ0v) is 31.2. The van der Waals surface area contributed by atoms with Gasteiger partial charge in [0.2, 0.25) is 0 Å². The third-order valence-electron chi connectivity index (χ3n) is 12.2. The minimum Gasteiger partial charge on any atom is -0.507 e. The van der Waals surface area contributed by atoms with Crippen LogP contribution in [0.5, 0.6) is 5.75 Å². The normalized spacial score (nSPS) is 43.9. The van der Waals surface area contributed by atoms with E-state index in [-0.39, 0.29) is 66.3 Å². The summed E-state index contributed by atoms with van der Waals surface area (Å²) in [6, 6.07) is 2.40. The fourth-order valence-corrected chi connectivity index (χ4v) is 9.27. The first kappa shape index (κ1) is 39.3. The maximum Gasteiger partial charge on any atom is 0.198 e. The number of hydrogen-bond donors (Lipinski definition) is 6. The van der Waals surface area contributed by atoms with Gasteiger partial charge in [0.1, 0.15) is 29.7 Å². The van der Waals surface area contributed by atoms with Gasteiger partial charge >= 0.3 is 0 Å². The van der Waals surface area contributed by atoms with Crippen LogP contribution in [0.3, 0.4) is 0 Å². The molecule has 4 fully saturated rings. The Hall–Kier alpha value is -2.93. The Morgan fingerprint density at radius 2 is 1.48 bits per heavy atom. The summed E-state index contributed by atoms with van der Waals surface area (Å²) in [7, 11) is 3.71. The van der Waals surface area contributed by atoms with Crippen molar-refractivity contribution in [2.75, 3.05) is 14.1 Å². The number of carbonyl (C=O) groups is 3. The standard InChI is InChI=1S/C39H51NO14/c1-16-11-27(43)39(49)31-22(35(47)30-21(36(31)48)8-7-20(34(30)46)26-13-24(41)32(44)17(2)50-26)9-10-38(39,15-16)54-29-12-23(40(5)6)37(19(4)52-29)53-28-14-25(42)33(45)18(3)51-28/h7-10,16-19,23-26,28-29,32-33,37,41-42,44-46,49H,11-15H2,1-6H3/t16-,17-,18-,19+,23+,24-,25-,26-,28-,29+,32-,33+,37-,38+,39+/m1/s1. The number of hydrogen-bond acceptors (Lipinski definition) is 15. The molecular weight excluding hydrogens is 706 g/mol. The number of rotatable bonds is 6. The SMILES string of the molecule is C[C@@H]1CC(=O)[C@]2(O)C3=C(C=C[C@]2(O[C@H]2C[C@H](N(C)C)[C@H](O[C@@H]4C[C@@H](O)[C@@H](O)[C@@H](C)O4)[C@H](C)O2)C1)C(=O)c1c(ccc([C@H]2C[C@@H](O)[C@H](O)[C@@H](C)O2)c1O)C3=O. The van der Waals surface area contributed by atoms with E-state index in [9.17, 15) is 45.0 Å². The van der Waals surface area contributed by atoms with Crippen LogP contribution in [0.1, 0.15) is 92.2 Å². The van der Waals surface area contributed by atoms with Crippen LogP contribution in [0.25, 0.3) is 0 Å². The van der Waals surface area contributed by atoms with Crippen molar-refractivity contribution in [3.05, 3.63) is 52.1 Å². The Kier molecular flexibility index (Phi) is 10.4. The van der Waals surface area contributed by atoms with Gasteiger partial charge in [-0.25, -0.2) is 0 Å². The molecule has 0 aromatic heterocycles. The number of allylic oxidation sites excluding steroid dienone is 2. The van der Waals surface area contributed by atoms with Gasteiger partial charge in [0.05, 0.1) is 47.8 Å². The Morgan fingerprint density at radius 1 is 0.833 bits per heavy atom. The van der Waals surface area contributed by atoms with Crippen LogP contribution >= 0.6 is 0 Å². The lowest BCUT2D eigenvalue weighted by molar-refractivity contribution is -0.322. The van der Waals surface area contributed by atoms with E-state index in [0.717, 1.165) is 0 Å². The number of benzene rings is 1. The summed E-state index contributed by atoms with van der Waals surface area (Å²) in [6.07, 6.45) is -6.65. The van der Waals surface area contributed by atoms with E-state index >= 15 is 0 Å². The number of fused-ring (bicyclic) bond motifs is 3. The lowest BCUT2D eigenvalue weighted by atomic mass is 9.58. The predicted molar refractivity (Wildman–Crippen MR) is 187 cm³/mol. The minimum atomic E-state index is -2.58. The molecule has 3 heterocycles. The molecule has 0 radical (unpaired) electrons. The highest BCUT2D eigenvalue weighted by Crippen LogP contribution is 2.53. The number of carbonyl (C=O) groups excluding carboxylic acids is 3. The summed E-state index contributed by atoms with van der Waals surface area (Å²) < 4.78 is 31.1. The first-order valence-electron chi connectivity index (χ1n) is 18.7. The third-order valence-corrected chi connectivity index (χ3v) is 12.2. The van der Waals surface area contributed by atoms with Crippen LogP contribution in [-0.2, 0) is 28.5 Å². The number of ketones is 3. The fraction of sp³-hybridized carbons (Fsp3) is 0.667. The second kappa shape index (κ2) is 14.2. The first-order valence-corrected chi connectivity index (χ1v) is 18.7. The van der Waals surface area contributed by atoms with Gasteiger partial charge in [0, 0.05) is 48.4 Å². The number of phenols is 1. The number of ether oxygens (including phenoxy) is 5. The van der Waals surface area contributed by atoms with E-state index in [0.29, 0.717) is 0 Å². The molecule has 6 aliphatic rings. The zero-order chi connectivity index (χ0) is 39.2. The average Bonchev–Trinajstić information content (AvgIpc) is 3.09. The second-order valence-electron chi connectivity index (χ2n) is 16.2. The van der Waals surface area contributed by atoms with Crippen LogP contribution in [0, 0.1) is 5.92 Å². The van der Waals surface area contributed by atoms with E-state index in [1.165, 1.54) is 24.3 Å². The van der Waals surface area contributed by atoms with Gasteiger partial charge in [-0.05, 0) is 59.3 Å². The van der Waals surface area contributed by atoms with Gasteiger partial charge < -0.3 is 59.2 Å². The Morgan fingerprint density at radius 3 is 2.13 bits per heavy atom. The number of phenolic OH excluding ortho intramolecular Hbond substituents is 1. The topological polar surface area (TPSA) is 222 Å². The lowest BCUT2D eigenvalue weighted by Crippen LogP contribution is -2.69. The maximum atomic E-state index is 14.5. The van der Waals surface area contributed by atoms with Crippen molar-refractivity contribution < 1.29 is 68.7 Å². The lowest BCUT2D eigenvalue weighted by Gasteiger charge is -2.54. The molecule has 6 N–H and O–H groups in total.